The Morgan fingerprint density at radius 2 is 2.33 bits per heavy atom. The summed E-state index contributed by atoms with van der Waals surface area (Å²) in [5, 5.41) is 9.09. The van der Waals surface area contributed by atoms with Crippen LogP contribution in [0, 0.1) is 12.3 Å². The lowest BCUT2D eigenvalue weighted by Crippen LogP contribution is -2.30. The summed E-state index contributed by atoms with van der Waals surface area (Å²) in [4.78, 5) is 0. The smallest absolute Gasteiger partial charge is 0.125 e. The average Bonchev–Trinajstić information content (AvgIpc) is 2.13. The van der Waals surface area contributed by atoms with Crippen molar-refractivity contribution in [2.24, 2.45) is 0 Å². The lowest BCUT2D eigenvalue weighted by Gasteiger charge is -2.23. The maximum absolute atomic E-state index is 9.09. The molecule has 2 nitrogen and oxygen atoms in total. The molecule has 12 heavy (non-hydrogen) atoms. The van der Waals surface area contributed by atoms with Gasteiger partial charge < -0.3 is 9.84 Å². The molecule has 0 aliphatic heterocycles. The molecule has 0 fully saturated rings. The molecular formula is C9H15ClO2. The number of aliphatic hydroxyl groups is 1. The van der Waals surface area contributed by atoms with Gasteiger partial charge in [0.1, 0.15) is 5.60 Å². The highest BCUT2D eigenvalue weighted by molar-refractivity contribution is 6.18. The van der Waals surface area contributed by atoms with E-state index in [1.807, 2.05) is 13.8 Å². The van der Waals surface area contributed by atoms with Crippen molar-refractivity contribution in [3.8, 4) is 12.3 Å². The van der Waals surface area contributed by atoms with Crippen molar-refractivity contribution < 1.29 is 9.84 Å². The van der Waals surface area contributed by atoms with E-state index in [-0.39, 0.29) is 12.5 Å². The SMILES string of the molecule is C#C[C@@](C)(CC)OCC(O)CCl. The number of rotatable bonds is 5. The van der Waals surface area contributed by atoms with Crippen LogP contribution in [0.3, 0.4) is 0 Å². The Morgan fingerprint density at radius 1 is 1.75 bits per heavy atom. The Hall–Kier alpha value is -0.230. The second kappa shape index (κ2) is 5.42. The predicted octanol–water partition coefficient (Wildman–Crippen LogP) is 1.40. The molecule has 1 unspecified atom stereocenters. The Labute approximate surface area is 78.9 Å². The predicted molar refractivity (Wildman–Crippen MR) is 50.2 cm³/mol. The fraction of sp³-hybridized carbons (Fsp3) is 0.778. The van der Waals surface area contributed by atoms with Crippen molar-refractivity contribution >= 4 is 11.6 Å². The van der Waals surface area contributed by atoms with Crippen molar-refractivity contribution in [1.29, 1.82) is 0 Å². The van der Waals surface area contributed by atoms with Gasteiger partial charge in [0.2, 0.25) is 0 Å². The van der Waals surface area contributed by atoms with Crippen LogP contribution in [0.4, 0.5) is 0 Å². The lowest BCUT2D eigenvalue weighted by atomic mass is 10.1. The lowest BCUT2D eigenvalue weighted by molar-refractivity contribution is -0.0324. The second-order valence-electron chi connectivity index (χ2n) is 2.85. The number of aliphatic hydroxyl groups excluding tert-OH is 1. The summed E-state index contributed by atoms with van der Waals surface area (Å²) in [6.07, 6.45) is 5.34. The van der Waals surface area contributed by atoms with Gasteiger partial charge >= 0.3 is 0 Å². The Kier molecular flexibility index (Phi) is 5.32. The zero-order valence-corrected chi connectivity index (χ0v) is 8.27. The summed E-state index contributed by atoms with van der Waals surface area (Å²) < 4.78 is 5.31. The van der Waals surface area contributed by atoms with Gasteiger partial charge in [0.25, 0.3) is 0 Å². The van der Waals surface area contributed by atoms with E-state index in [4.69, 9.17) is 27.9 Å². The second-order valence-corrected chi connectivity index (χ2v) is 3.16. The van der Waals surface area contributed by atoms with Crippen molar-refractivity contribution in [2.75, 3.05) is 12.5 Å². The summed E-state index contributed by atoms with van der Waals surface area (Å²) in [5.74, 6) is 2.70. The number of halogens is 1. The summed E-state index contributed by atoms with van der Waals surface area (Å²) in [6.45, 7) is 3.94. The highest BCUT2D eigenvalue weighted by Gasteiger charge is 2.20. The topological polar surface area (TPSA) is 29.5 Å². The van der Waals surface area contributed by atoms with Gasteiger partial charge in [-0.3, -0.25) is 0 Å². The first-order valence-electron chi connectivity index (χ1n) is 3.93. The van der Waals surface area contributed by atoms with E-state index in [0.717, 1.165) is 6.42 Å². The fourth-order valence-corrected chi connectivity index (χ4v) is 0.660. The molecule has 0 heterocycles. The molecule has 0 aromatic heterocycles. The van der Waals surface area contributed by atoms with E-state index < -0.39 is 11.7 Å². The van der Waals surface area contributed by atoms with Crippen LogP contribution < -0.4 is 0 Å². The molecule has 0 bridgehead atoms. The molecule has 70 valence electrons. The fourth-order valence-electron chi connectivity index (χ4n) is 0.570. The van der Waals surface area contributed by atoms with Gasteiger partial charge in [-0.05, 0) is 13.3 Å². The number of hydrogen-bond acceptors (Lipinski definition) is 2. The molecule has 0 saturated carbocycles. The van der Waals surface area contributed by atoms with E-state index >= 15 is 0 Å². The number of terminal acetylenes is 1. The van der Waals surface area contributed by atoms with Crippen LogP contribution in [0.1, 0.15) is 20.3 Å². The largest absolute Gasteiger partial charge is 0.389 e. The van der Waals surface area contributed by atoms with Gasteiger partial charge in [-0.15, -0.1) is 18.0 Å². The van der Waals surface area contributed by atoms with Crippen LogP contribution >= 0.6 is 11.6 Å². The van der Waals surface area contributed by atoms with Crippen LogP contribution in [0.5, 0.6) is 0 Å². The van der Waals surface area contributed by atoms with Crippen LogP contribution in [-0.2, 0) is 4.74 Å². The third-order valence-electron chi connectivity index (χ3n) is 1.75. The average molecular weight is 191 g/mol. The quantitative estimate of drug-likeness (QED) is 0.525. The van der Waals surface area contributed by atoms with Gasteiger partial charge in [-0.2, -0.15) is 0 Å². The highest BCUT2D eigenvalue weighted by Crippen LogP contribution is 2.13. The molecule has 0 spiro atoms. The molecule has 1 N–H and O–H groups in total. The Balaban J connectivity index is 3.83. The minimum atomic E-state index is -0.633. The van der Waals surface area contributed by atoms with Gasteiger partial charge in [0, 0.05) is 0 Å². The zero-order valence-electron chi connectivity index (χ0n) is 7.51. The molecule has 0 aliphatic rings. The summed E-state index contributed by atoms with van der Waals surface area (Å²) in [5.41, 5.74) is -0.576. The van der Waals surface area contributed by atoms with Crippen LogP contribution in [0.2, 0.25) is 0 Å². The van der Waals surface area contributed by atoms with E-state index in [1.54, 1.807) is 0 Å². The monoisotopic (exact) mass is 190 g/mol. The minimum Gasteiger partial charge on any atom is -0.389 e. The van der Waals surface area contributed by atoms with Gasteiger partial charge in [-0.1, -0.05) is 12.8 Å². The van der Waals surface area contributed by atoms with Crippen LogP contribution in [-0.4, -0.2) is 29.3 Å². The van der Waals surface area contributed by atoms with Crippen molar-refractivity contribution in [3.63, 3.8) is 0 Å². The summed E-state index contributed by atoms with van der Waals surface area (Å²) >= 11 is 5.39. The Morgan fingerprint density at radius 3 is 2.67 bits per heavy atom. The molecule has 3 heteroatoms. The highest BCUT2D eigenvalue weighted by atomic mass is 35.5. The van der Waals surface area contributed by atoms with Gasteiger partial charge in [0.15, 0.2) is 0 Å². The first-order chi connectivity index (χ1) is 5.58. The normalized spacial score (nSPS) is 17.9. The van der Waals surface area contributed by atoms with Crippen molar-refractivity contribution in [1.82, 2.24) is 0 Å². The first-order valence-corrected chi connectivity index (χ1v) is 4.47. The number of hydrogen-bond donors (Lipinski definition) is 1. The first kappa shape index (κ1) is 11.8. The third-order valence-corrected chi connectivity index (χ3v) is 2.11. The van der Waals surface area contributed by atoms with E-state index in [9.17, 15) is 0 Å². The molecule has 0 radical (unpaired) electrons. The van der Waals surface area contributed by atoms with E-state index in [2.05, 4.69) is 5.92 Å². The minimum absolute atomic E-state index is 0.171. The van der Waals surface area contributed by atoms with Gasteiger partial charge in [0.05, 0.1) is 18.6 Å². The van der Waals surface area contributed by atoms with E-state index in [0.29, 0.717) is 0 Å². The molecule has 0 amide bonds. The van der Waals surface area contributed by atoms with Crippen molar-refractivity contribution in [3.05, 3.63) is 0 Å². The molecular weight excluding hydrogens is 176 g/mol. The molecule has 0 aromatic rings. The van der Waals surface area contributed by atoms with Crippen LogP contribution in [0.25, 0.3) is 0 Å². The van der Waals surface area contributed by atoms with Gasteiger partial charge in [-0.25, -0.2) is 0 Å². The zero-order chi connectivity index (χ0) is 9.61. The Bertz CT molecular complexity index is 164. The maximum Gasteiger partial charge on any atom is 0.125 e. The van der Waals surface area contributed by atoms with Crippen molar-refractivity contribution in [2.45, 2.75) is 32.0 Å². The maximum atomic E-state index is 9.09. The standard InChI is InChI=1S/C9H15ClO2/c1-4-9(3,5-2)12-7-8(11)6-10/h1,8,11H,5-7H2,2-3H3/t8?,9-/m0/s1. The van der Waals surface area contributed by atoms with E-state index in [1.165, 1.54) is 0 Å². The third kappa shape index (κ3) is 3.96. The summed E-state index contributed by atoms with van der Waals surface area (Å²) in [7, 11) is 0. The molecule has 0 rings (SSSR count). The molecule has 2 atom stereocenters. The number of ether oxygens (including phenoxy) is 1. The molecule has 0 saturated heterocycles. The number of alkyl halides is 1. The summed E-state index contributed by atoms with van der Waals surface area (Å²) in [6, 6.07) is 0. The van der Waals surface area contributed by atoms with Crippen LogP contribution in [0.15, 0.2) is 0 Å². The molecule has 0 aliphatic carbocycles. The molecule has 0 aromatic carbocycles.